The minimum atomic E-state index is 0.316. The second kappa shape index (κ2) is 6.27. The third-order valence-electron chi connectivity index (χ3n) is 4.48. The molecule has 1 aliphatic rings. The van der Waals surface area contributed by atoms with Gasteiger partial charge >= 0.3 is 0 Å². The molecule has 0 spiro atoms. The summed E-state index contributed by atoms with van der Waals surface area (Å²) in [5, 5.41) is 7.98. The normalized spacial score (nSPS) is 25.6. The average molecular weight is 278 g/mol. The first kappa shape index (κ1) is 15.5. The Morgan fingerprint density at radius 2 is 2.15 bits per heavy atom. The fourth-order valence-corrected chi connectivity index (χ4v) is 2.89. The predicted molar refractivity (Wildman–Crippen MR) is 83.8 cm³/mol. The molecule has 0 radical (unpaired) electrons. The molecule has 0 aromatic carbocycles. The van der Waals surface area contributed by atoms with Crippen LogP contribution in [-0.4, -0.2) is 46.4 Å². The summed E-state index contributed by atoms with van der Waals surface area (Å²) in [5.74, 6) is 0. The number of aryl methyl sites for hydroxylation is 1. The smallest absolute Gasteiger partial charge is 0.0522 e. The largest absolute Gasteiger partial charge is 0.312 e. The Labute approximate surface area is 123 Å². The molecule has 4 heteroatoms. The number of nitrogens with zero attached hydrogens (tertiary/aromatic N) is 3. The Morgan fingerprint density at radius 3 is 2.75 bits per heavy atom. The van der Waals surface area contributed by atoms with Crippen molar-refractivity contribution in [3.05, 3.63) is 18.0 Å². The molecule has 0 saturated carbocycles. The van der Waals surface area contributed by atoms with Gasteiger partial charge in [0.2, 0.25) is 0 Å². The van der Waals surface area contributed by atoms with Gasteiger partial charge in [-0.05, 0) is 37.3 Å². The van der Waals surface area contributed by atoms with Crippen LogP contribution in [0, 0.1) is 5.41 Å². The minimum Gasteiger partial charge on any atom is -0.312 e. The summed E-state index contributed by atoms with van der Waals surface area (Å²) < 4.78 is 1.89. The zero-order valence-corrected chi connectivity index (χ0v) is 13.7. The van der Waals surface area contributed by atoms with Gasteiger partial charge in [0.25, 0.3) is 0 Å². The van der Waals surface area contributed by atoms with E-state index >= 15 is 0 Å². The molecule has 1 fully saturated rings. The lowest BCUT2D eigenvalue weighted by atomic mass is 9.86. The van der Waals surface area contributed by atoms with E-state index in [-0.39, 0.29) is 0 Å². The van der Waals surface area contributed by atoms with Gasteiger partial charge in [0.15, 0.2) is 0 Å². The third-order valence-corrected chi connectivity index (χ3v) is 4.48. The lowest BCUT2D eigenvalue weighted by Gasteiger charge is -2.35. The monoisotopic (exact) mass is 278 g/mol. The fourth-order valence-electron chi connectivity index (χ4n) is 2.89. The second-order valence-corrected chi connectivity index (χ2v) is 7.28. The van der Waals surface area contributed by atoms with Crippen LogP contribution in [0.5, 0.6) is 0 Å². The van der Waals surface area contributed by atoms with E-state index in [9.17, 15) is 0 Å². The molecule has 0 bridgehead atoms. The first-order valence-corrected chi connectivity index (χ1v) is 7.81. The van der Waals surface area contributed by atoms with Crippen molar-refractivity contribution in [2.24, 2.45) is 12.5 Å². The van der Waals surface area contributed by atoms with E-state index < -0.39 is 0 Å². The molecule has 20 heavy (non-hydrogen) atoms. The van der Waals surface area contributed by atoms with E-state index in [4.69, 9.17) is 0 Å². The van der Waals surface area contributed by atoms with Crippen LogP contribution >= 0.6 is 0 Å². The van der Waals surface area contributed by atoms with Crippen molar-refractivity contribution in [2.45, 2.75) is 52.6 Å². The van der Waals surface area contributed by atoms with Gasteiger partial charge in [-0.25, -0.2) is 0 Å². The number of hydrogen-bond acceptors (Lipinski definition) is 3. The van der Waals surface area contributed by atoms with Crippen molar-refractivity contribution in [2.75, 3.05) is 19.6 Å². The molecular weight excluding hydrogens is 248 g/mol. The van der Waals surface area contributed by atoms with Crippen LogP contribution in [0.2, 0.25) is 0 Å². The highest BCUT2D eigenvalue weighted by molar-refractivity contribution is 5.04. The predicted octanol–water partition coefficient (Wildman–Crippen LogP) is 2.06. The SMILES string of the molecule is CC1CCNC(C(C)(C)C)CN1CCc1cnn(C)c1. The molecule has 2 heterocycles. The number of nitrogens with one attached hydrogen (secondary N) is 1. The zero-order valence-electron chi connectivity index (χ0n) is 13.7. The highest BCUT2D eigenvalue weighted by Gasteiger charge is 2.30. The molecule has 1 N–H and O–H groups in total. The van der Waals surface area contributed by atoms with Crippen LogP contribution < -0.4 is 5.32 Å². The molecular formula is C16H30N4. The Bertz CT molecular complexity index is 418. The first-order valence-electron chi connectivity index (χ1n) is 7.81. The summed E-state index contributed by atoms with van der Waals surface area (Å²) in [4.78, 5) is 2.64. The lowest BCUT2D eigenvalue weighted by Crippen LogP contribution is -2.47. The zero-order chi connectivity index (χ0) is 14.8. The van der Waals surface area contributed by atoms with Gasteiger partial charge in [-0.15, -0.1) is 0 Å². The van der Waals surface area contributed by atoms with Gasteiger partial charge in [-0.2, -0.15) is 5.10 Å². The van der Waals surface area contributed by atoms with Crippen LogP contribution in [0.4, 0.5) is 0 Å². The molecule has 1 saturated heterocycles. The molecule has 2 rings (SSSR count). The van der Waals surface area contributed by atoms with E-state index in [0.29, 0.717) is 17.5 Å². The molecule has 1 aliphatic heterocycles. The van der Waals surface area contributed by atoms with Gasteiger partial charge in [0, 0.05) is 38.4 Å². The maximum atomic E-state index is 4.26. The Morgan fingerprint density at radius 1 is 1.40 bits per heavy atom. The molecule has 1 aromatic heterocycles. The van der Waals surface area contributed by atoms with Gasteiger partial charge in [0.1, 0.15) is 0 Å². The van der Waals surface area contributed by atoms with Crippen molar-refractivity contribution in [3.8, 4) is 0 Å². The fraction of sp³-hybridized carbons (Fsp3) is 0.812. The highest BCUT2D eigenvalue weighted by atomic mass is 15.2. The van der Waals surface area contributed by atoms with Gasteiger partial charge in [-0.3, -0.25) is 9.58 Å². The molecule has 2 unspecified atom stereocenters. The standard InChI is InChI=1S/C16H30N4/c1-13-6-8-17-15(16(2,3)4)12-20(13)9-7-14-10-18-19(5)11-14/h10-11,13,15,17H,6-9,12H2,1-5H3. The third kappa shape index (κ3) is 4.06. The summed E-state index contributed by atoms with van der Waals surface area (Å²) in [6.45, 7) is 12.8. The summed E-state index contributed by atoms with van der Waals surface area (Å²) >= 11 is 0. The van der Waals surface area contributed by atoms with Gasteiger partial charge in [0.05, 0.1) is 6.20 Å². The van der Waals surface area contributed by atoms with E-state index in [2.05, 4.69) is 49.2 Å². The second-order valence-electron chi connectivity index (χ2n) is 7.28. The van der Waals surface area contributed by atoms with Crippen LogP contribution in [0.3, 0.4) is 0 Å². The van der Waals surface area contributed by atoms with Crippen molar-refractivity contribution in [1.29, 1.82) is 0 Å². The summed E-state index contributed by atoms with van der Waals surface area (Å²) in [7, 11) is 1.98. The van der Waals surface area contributed by atoms with Crippen LogP contribution in [0.15, 0.2) is 12.4 Å². The van der Waals surface area contributed by atoms with Crippen molar-refractivity contribution in [3.63, 3.8) is 0 Å². The quantitative estimate of drug-likeness (QED) is 0.919. The average Bonchev–Trinajstić information content (AvgIpc) is 2.66. The summed E-state index contributed by atoms with van der Waals surface area (Å²) in [6.07, 6.45) is 6.44. The maximum absolute atomic E-state index is 4.26. The number of hydrogen-bond donors (Lipinski definition) is 1. The van der Waals surface area contributed by atoms with Gasteiger partial charge < -0.3 is 5.32 Å². The molecule has 0 aliphatic carbocycles. The summed E-state index contributed by atoms with van der Waals surface area (Å²) in [5.41, 5.74) is 1.65. The molecule has 1 aromatic rings. The Balaban J connectivity index is 1.96. The highest BCUT2D eigenvalue weighted by Crippen LogP contribution is 2.23. The molecule has 0 amide bonds. The van der Waals surface area contributed by atoms with E-state index in [0.717, 1.165) is 26.1 Å². The van der Waals surface area contributed by atoms with E-state index in [1.165, 1.54) is 12.0 Å². The van der Waals surface area contributed by atoms with Crippen molar-refractivity contribution >= 4 is 0 Å². The van der Waals surface area contributed by atoms with Crippen LogP contribution in [0.25, 0.3) is 0 Å². The molecule has 114 valence electrons. The topological polar surface area (TPSA) is 33.1 Å². The molecule has 4 nitrogen and oxygen atoms in total. The lowest BCUT2D eigenvalue weighted by molar-refractivity contribution is 0.165. The summed E-state index contributed by atoms with van der Waals surface area (Å²) in [6, 6.07) is 1.23. The van der Waals surface area contributed by atoms with Crippen LogP contribution in [-0.2, 0) is 13.5 Å². The van der Waals surface area contributed by atoms with E-state index in [1.54, 1.807) is 0 Å². The van der Waals surface area contributed by atoms with E-state index in [1.807, 2.05) is 17.9 Å². The Hall–Kier alpha value is -0.870. The van der Waals surface area contributed by atoms with Crippen molar-refractivity contribution in [1.82, 2.24) is 20.0 Å². The Kier molecular flexibility index (Phi) is 4.86. The van der Waals surface area contributed by atoms with Gasteiger partial charge in [-0.1, -0.05) is 20.8 Å². The van der Waals surface area contributed by atoms with Crippen molar-refractivity contribution < 1.29 is 0 Å². The number of aromatic nitrogens is 2. The first-order chi connectivity index (χ1) is 9.36. The minimum absolute atomic E-state index is 0.316. The molecule has 2 atom stereocenters. The number of rotatable bonds is 3. The maximum Gasteiger partial charge on any atom is 0.0522 e. The van der Waals surface area contributed by atoms with Crippen LogP contribution in [0.1, 0.15) is 39.7 Å².